The van der Waals surface area contributed by atoms with E-state index in [1.165, 1.54) is 4.57 Å². The van der Waals surface area contributed by atoms with E-state index >= 15 is 0 Å². The van der Waals surface area contributed by atoms with Crippen molar-refractivity contribution in [2.24, 2.45) is 23.8 Å². The lowest BCUT2D eigenvalue weighted by atomic mass is 9.63. The first-order valence-corrected chi connectivity index (χ1v) is 25.2. The number of piperidine rings is 3. The van der Waals surface area contributed by atoms with Crippen molar-refractivity contribution in [3.63, 3.8) is 0 Å². The third-order valence-corrected chi connectivity index (χ3v) is 18.5. The fourth-order valence-electron chi connectivity index (χ4n) is 12.2. The Morgan fingerprint density at radius 1 is 0.875 bits per heavy atom. The maximum Gasteiger partial charge on any atom is 0.329 e. The molecule has 3 saturated carbocycles. The number of hydrogen-bond acceptors (Lipinski definition) is 11. The molecule has 338 valence electrons. The van der Waals surface area contributed by atoms with Gasteiger partial charge >= 0.3 is 5.69 Å². The second kappa shape index (κ2) is 15.5. The van der Waals surface area contributed by atoms with Crippen molar-refractivity contribution in [3.8, 4) is 0 Å². The van der Waals surface area contributed by atoms with Crippen LogP contribution in [0.1, 0.15) is 107 Å². The number of imidazole rings is 1. The molecule has 3 amide bonds. The minimum Gasteiger partial charge on any atom is -0.371 e. The van der Waals surface area contributed by atoms with Gasteiger partial charge in [-0.3, -0.25) is 33.7 Å². The van der Waals surface area contributed by atoms with E-state index in [-0.39, 0.29) is 46.0 Å². The number of carbonyl (C=O) groups excluding carboxylic acids is 3. The highest BCUT2D eigenvalue weighted by atomic mass is 32.2. The Hall–Kier alpha value is -5.09. The van der Waals surface area contributed by atoms with Gasteiger partial charge in [0, 0.05) is 62.3 Å². The predicted molar refractivity (Wildman–Crippen MR) is 243 cm³/mol. The minimum atomic E-state index is -3.49. The Kier molecular flexibility index (Phi) is 10.1. The summed E-state index contributed by atoms with van der Waals surface area (Å²) in [7, 11) is -1.75. The highest BCUT2D eigenvalue weighted by Gasteiger charge is 2.57. The van der Waals surface area contributed by atoms with Gasteiger partial charge in [-0.15, -0.1) is 0 Å². The van der Waals surface area contributed by atoms with Gasteiger partial charge in [-0.25, -0.2) is 18.2 Å². The van der Waals surface area contributed by atoms with Crippen LogP contribution in [0.3, 0.4) is 0 Å². The zero-order chi connectivity index (χ0) is 44.1. The minimum absolute atomic E-state index is 0.0980. The number of hydrogen-bond donors (Lipinski definition) is 2. The number of sulfone groups is 1. The molecule has 11 rings (SSSR count). The molecule has 64 heavy (non-hydrogen) atoms. The first kappa shape index (κ1) is 41.6. The Morgan fingerprint density at radius 3 is 2.33 bits per heavy atom. The summed E-state index contributed by atoms with van der Waals surface area (Å²) in [5.74, 6) is 1.24. The third-order valence-electron chi connectivity index (χ3n) is 16.4. The van der Waals surface area contributed by atoms with Crippen LogP contribution in [-0.2, 0) is 37.7 Å². The van der Waals surface area contributed by atoms with Crippen LogP contribution in [0, 0.1) is 23.7 Å². The molecule has 4 aromatic rings. The number of anilines is 4. The standard InChI is InChI=1S/C48H59N9O6S/c1-30-23-35(8-9-37(30)50-45-49-28-32-25-48(15-16-48)44(60)56(42(32)52-45)33-5-3-4-6-33)64(62,63)36-26-47(27-36)17-21-54(22-18-47)29-31-13-19-55(20-14-31)34-7-10-38-40(24-34)53(2)46(61)57(38)39-11-12-41(58)51-43(39)59/h7-10,23-24,28,31,33,36,39H,3-6,11-22,25-27,29H2,1-2H3,(H,49,50,52)(H,51,58,59). The van der Waals surface area contributed by atoms with Crippen molar-refractivity contribution >= 4 is 61.7 Å². The quantitative estimate of drug-likeness (QED) is 0.198. The Balaban J connectivity index is 0.669. The number of nitrogens with one attached hydrogen (secondary N) is 2. The van der Waals surface area contributed by atoms with Gasteiger partial charge in [-0.2, -0.15) is 4.98 Å². The number of benzene rings is 2. The number of fused-ring (bicyclic) bond motifs is 2. The summed E-state index contributed by atoms with van der Waals surface area (Å²) in [6.07, 6.45) is 14.9. The monoisotopic (exact) mass is 889 g/mol. The van der Waals surface area contributed by atoms with E-state index < -0.39 is 21.8 Å². The topological polar surface area (TPSA) is 172 Å². The Morgan fingerprint density at radius 2 is 1.62 bits per heavy atom. The molecule has 3 saturated heterocycles. The van der Waals surface area contributed by atoms with Crippen LogP contribution in [0.4, 0.5) is 23.1 Å². The van der Waals surface area contributed by atoms with Crippen LogP contribution in [0.25, 0.3) is 11.0 Å². The SMILES string of the molecule is Cc1cc(S(=O)(=O)C2CC3(CCN(CC4CCN(c5ccc6c(c5)n(C)c(=O)n6C5CCC(=O)NC5=O)CC4)CC3)C2)ccc1Nc1ncc2c(n1)N(C1CCCC1)C(=O)C1(CC1)C2. The molecular formula is C48H59N9O6S. The first-order valence-electron chi connectivity index (χ1n) is 23.6. The van der Waals surface area contributed by atoms with Gasteiger partial charge in [0.1, 0.15) is 11.9 Å². The largest absolute Gasteiger partial charge is 0.371 e. The van der Waals surface area contributed by atoms with Crippen LogP contribution in [-0.4, -0.2) is 94.2 Å². The van der Waals surface area contributed by atoms with Crippen LogP contribution in [0.2, 0.25) is 0 Å². The van der Waals surface area contributed by atoms with E-state index in [0.717, 1.165) is 131 Å². The van der Waals surface area contributed by atoms with Gasteiger partial charge in [0.15, 0.2) is 9.84 Å². The Labute approximate surface area is 373 Å². The van der Waals surface area contributed by atoms with Crippen LogP contribution >= 0.6 is 0 Å². The van der Waals surface area contributed by atoms with E-state index in [9.17, 15) is 27.6 Å². The van der Waals surface area contributed by atoms with Crippen LogP contribution < -0.4 is 26.1 Å². The molecule has 1 atom stereocenters. The third kappa shape index (κ3) is 7.13. The summed E-state index contributed by atoms with van der Waals surface area (Å²) in [6.45, 7) is 6.83. The molecule has 4 aliphatic heterocycles. The highest BCUT2D eigenvalue weighted by molar-refractivity contribution is 7.92. The molecule has 2 N–H and O–H groups in total. The molecule has 3 aliphatic carbocycles. The van der Waals surface area contributed by atoms with Gasteiger partial charge in [-0.1, -0.05) is 12.8 Å². The molecule has 2 spiro atoms. The number of aryl methyl sites for hydroxylation is 2. The van der Waals surface area contributed by atoms with Crippen molar-refractivity contribution < 1.29 is 22.8 Å². The molecule has 16 heteroatoms. The molecule has 6 fully saturated rings. The van der Waals surface area contributed by atoms with Gasteiger partial charge in [0.2, 0.25) is 23.7 Å². The summed E-state index contributed by atoms with van der Waals surface area (Å²) in [5, 5.41) is 5.36. The average Bonchev–Trinajstić information content (AvgIpc) is 3.75. The Bertz CT molecular complexity index is 2730. The fourth-order valence-corrected chi connectivity index (χ4v) is 14.3. The number of imide groups is 1. The molecule has 2 aromatic heterocycles. The lowest BCUT2D eigenvalue weighted by molar-refractivity contribution is -0.135. The van der Waals surface area contributed by atoms with Gasteiger partial charge in [-0.05, 0) is 150 Å². The van der Waals surface area contributed by atoms with E-state index in [0.29, 0.717) is 48.0 Å². The maximum atomic E-state index is 14.0. The molecule has 2 aromatic carbocycles. The number of nitrogens with zero attached hydrogens (tertiary/aromatic N) is 7. The first-order chi connectivity index (χ1) is 30.8. The van der Waals surface area contributed by atoms with E-state index in [1.54, 1.807) is 23.7 Å². The zero-order valence-corrected chi connectivity index (χ0v) is 37.8. The molecular weight excluding hydrogens is 831 g/mol. The van der Waals surface area contributed by atoms with E-state index in [2.05, 4.69) is 25.4 Å². The van der Waals surface area contributed by atoms with E-state index in [1.807, 2.05) is 42.3 Å². The van der Waals surface area contributed by atoms with Crippen molar-refractivity contribution in [1.29, 1.82) is 0 Å². The smallest absolute Gasteiger partial charge is 0.329 e. The van der Waals surface area contributed by atoms with E-state index in [4.69, 9.17) is 4.98 Å². The van der Waals surface area contributed by atoms with Gasteiger partial charge in [0.05, 0.1) is 26.6 Å². The fraction of sp³-hybridized carbons (Fsp3) is 0.583. The van der Waals surface area contributed by atoms with Gasteiger partial charge in [0.25, 0.3) is 0 Å². The summed E-state index contributed by atoms with van der Waals surface area (Å²) in [6, 6.07) is 10.8. The molecule has 0 bridgehead atoms. The second-order valence-corrected chi connectivity index (χ2v) is 22.6. The number of likely N-dealkylation sites (tertiary alicyclic amines) is 1. The summed E-state index contributed by atoms with van der Waals surface area (Å²) in [4.78, 5) is 68.2. The van der Waals surface area contributed by atoms with Crippen molar-refractivity contribution in [2.75, 3.05) is 47.8 Å². The lowest BCUT2D eigenvalue weighted by Crippen LogP contribution is -2.52. The van der Waals surface area contributed by atoms with Crippen LogP contribution in [0.5, 0.6) is 0 Å². The highest BCUT2D eigenvalue weighted by Crippen LogP contribution is 2.55. The lowest BCUT2D eigenvalue weighted by Gasteiger charge is -2.52. The maximum absolute atomic E-state index is 14.0. The normalized spacial score (nSPS) is 24.1. The predicted octanol–water partition coefficient (Wildman–Crippen LogP) is 5.71. The molecule has 7 aliphatic rings. The molecule has 1 unspecified atom stereocenters. The summed E-state index contributed by atoms with van der Waals surface area (Å²) >= 11 is 0. The summed E-state index contributed by atoms with van der Waals surface area (Å²) in [5.41, 5.74) is 4.73. The number of rotatable bonds is 9. The average molecular weight is 890 g/mol. The molecule has 6 heterocycles. The molecule has 15 nitrogen and oxygen atoms in total. The van der Waals surface area contributed by atoms with Gasteiger partial charge < -0.3 is 15.1 Å². The number of aromatic nitrogens is 4. The van der Waals surface area contributed by atoms with Crippen molar-refractivity contribution in [3.05, 3.63) is 64.2 Å². The zero-order valence-electron chi connectivity index (χ0n) is 37.0. The number of carbonyl (C=O) groups is 3. The summed E-state index contributed by atoms with van der Waals surface area (Å²) < 4.78 is 31.1. The van der Waals surface area contributed by atoms with Crippen LogP contribution in [0.15, 0.2) is 52.3 Å². The molecule has 0 radical (unpaired) electrons. The number of amides is 3. The second-order valence-electron chi connectivity index (χ2n) is 20.4. The van der Waals surface area contributed by atoms with Crippen molar-refractivity contribution in [2.45, 2.75) is 125 Å². The van der Waals surface area contributed by atoms with Crippen molar-refractivity contribution in [1.82, 2.24) is 29.3 Å².